The van der Waals surface area contributed by atoms with Crippen LogP contribution in [0.5, 0.6) is 0 Å². The third-order valence-electron chi connectivity index (χ3n) is 2.84. The van der Waals surface area contributed by atoms with Gasteiger partial charge in [0.15, 0.2) is 0 Å². The van der Waals surface area contributed by atoms with Gasteiger partial charge >= 0.3 is 0 Å². The highest BCUT2D eigenvalue weighted by atomic mass is 35.5. The van der Waals surface area contributed by atoms with E-state index < -0.39 is 10.0 Å². The molecule has 0 heterocycles. The molecule has 0 saturated heterocycles. The van der Waals surface area contributed by atoms with Gasteiger partial charge in [-0.05, 0) is 43.2 Å². The molecule has 2 aromatic carbocycles. The summed E-state index contributed by atoms with van der Waals surface area (Å²) in [5.74, 6) is 0. The molecule has 0 fully saturated rings. The van der Waals surface area contributed by atoms with Crippen molar-refractivity contribution in [2.75, 3.05) is 0 Å². The number of sulfonamides is 1. The van der Waals surface area contributed by atoms with Crippen LogP contribution in [0.1, 0.15) is 12.5 Å². The van der Waals surface area contributed by atoms with Crippen molar-refractivity contribution in [2.24, 2.45) is 0 Å². The average Bonchev–Trinajstić information content (AvgIpc) is 2.39. The lowest BCUT2D eigenvalue weighted by molar-refractivity contribution is 0.560. The maximum atomic E-state index is 12.2. The second-order valence-electron chi connectivity index (χ2n) is 4.67. The molecule has 20 heavy (non-hydrogen) atoms. The van der Waals surface area contributed by atoms with Crippen LogP contribution in [0, 0.1) is 0 Å². The lowest BCUT2D eigenvalue weighted by Gasteiger charge is -2.14. The zero-order valence-corrected chi connectivity index (χ0v) is 12.7. The predicted molar refractivity (Wildman–Crippen MR) is 81.4 cm³/mol. The van der Waals surface area contributed by atoms with Gasteiger partial charge in [0.2, 0.25) is 10.0 Å². The quantitative estimate of drug-likeness (QED) is 0.921. The van der Waals surface area contributed by atoms with Gasteiger partial charge in [0.1, 0.15) is 0 Å². The van der Waals surface area contributed by atoms with Gasteiger partial charge in [-0.1, -0.05) is 41.9 Å². The molecule has 0 aliphatic heterocycles. The van der Waals surface area contributed by atoms with Crippen LogP contribution in [0.4, 0.5) is 0 Å². The van der Waals surface area contributed by atoms with Crippen LogP contribution in [0.25, 0.3) is 0 Å². The molecule has 0 spiro atoms. The van der Waals surface area contributed by atoms with Gasteiger partial charge in [0, 0.05) is 11.1 Å². The van der Waals surface area contributed by atoms with E-state index in [1.54, 1.807) is 36.4 Å². The van der Waals surface area contributed by atoms with Gasteiger partial charge in [-0.15, -0.1) is 0 Å². The van der Waals surface area contributed by atoms with Crippen LogP contribution in [-0.2, 0) is 16.4 Å². The highest BCUT2D eigenvalue weighted by molar-refractivity contribution is 7.89. The number of hydrogen-bond donors (Lipinski definition) is 1. The van der Waals surface area contributed by atoms with Crippen molar-refractivity contribution in [3.8, 4) is 0 Å². The summed E-state index contributed by atoms with van der Waals surface area (Å²) in [6.45, 7) is 1.83. The molecule has 0 bridgehead atoms. The summed E-state index contributed by atoms with van der Waals surface area (Å²) in [5, 5.41) is 0.653. The standard InChI is InChI=1S/C15H16ClNO2S/c1-12(10-13-6-5-7-14(16)11-13)17-20(18,19)15-8-3-2-4-9-15/h2-9,11-12,17H,10H2,1H3. The maximum Gasteiger partial charge on any atom is 0.240 e. The minimum Gasteiger partial charge on any atom is -0.208 e. The third-order valence-corrected chi connectivity index (χ3v) is 4.68. The summed E-state index contributed by atoms with van der Waals surface area (Å²) >= 11 is 5.92. The SMILES string of the molecule is CC(Cc1cccc(Cl)c1)NS(=O)(=O)c1ccccc1. The molecule has 0 aliphatic rings. The lowest BCUT2D eigenvalue weighted by atomic mass is 10.1. The summed E-state index contributed by atoms with van der Waals surface area (Å²) in [5.41, 5.74) is 1.00. The highest BCUT2D eigenvalue weighted by Crippen LogP contribution is 2.14. The second-order valence-corrected chi connectivity index (χ2v) is 6.82. The Hall–Kier alpha value is -1.36. The van der Waals surface area contributed by atoms with Crippen molar-refractivity contribution in [3.05, 3.63) is 65.2 Å². The minimum atomic E-state index is -3.47. The molecule has 5 heteroatoms. The summed E-state index contributed by atoms with van der Waals surface area (Å²) in [6.07, 6.45) is 0.590. The molecule has 1 N–H and O–H groups in total. The first-order chi connectivity index (χ1) is 9.47. The van der Waals surface area contributed by atoms with Crippen molar-refractivity contribution in [1.82, 2.24) is 4.72 Å². The van der Waals surface area contributed by atoms with Crippen molar-refractivity contribution in [1.29, 1.82) is 0 Å². The van der Waals surface area contributed by atoms with E-state index in [-0.39, 0.29) is 10.9 Å². The fraction of sp³-hybridized carbons (Fsp3) is 0.200. The molecule has 2 aromatic rings. The molecule has 0 radical (unpaired) electrons. The molecule has 0 aliphatic carbocycles. The fourth-order valence-electron chi connectivity index (χ4n) is 1.99. The highest BCUT2D eigenvalue weighted by Gasteiger charge is 2.16. The molecular weight excluding hydrogens is 294 g/mol. The van der Waals surface area contributed by atoms with Crippen LogP contribution in [0.3, 0.4) is 0 Å². The predicted octanol–water partition coefficient (Wildman–Crippen LogP) is 3.25. The lowest BCUT2D eigenvalue weighted by Crippen LogP contribution is -2.34. The zero-order valence-electron chi connectivity index (χ0n) is 11.1. The third kappa shape index (κ3) is 4.07. The van der Waals surface area contributed by atoms with Crippen LogP contribution in [0.15, 0.2) is 59.5 Å². The second kappa shape index (κ2) is 6.39. The largest absolute Gasteiger partial charge is 0.240 e. The summed E-state index contributed by atoms with van der Waals surface area (Å²) in [7, 11) is -3.47. The Balaban J connectivity index is 2.06. The maximum absolute atomic E-state index is 12.2. The fourth-order valence-corrected chi connectivity index (χ4v) is 3.47. The molecule has 0 saturated carbocycles. The van der Waals surface area contributed by atoms with Gasteiger partial charge < -0.3 is 0 Å². The zero-order chi connectivity index (χ0) is 14.6. The molecule has 106 valence electrons. The Bertz CT molecular complexity index is 671. The van der Waals surface area contributed by atoms with E-state index in [2.05, 4.69) is 4.72 Å². The molecule has 1 atom stereocenters. The first-order valence-corrected chi connectivity index (χ1v) is 8.15. The number of hydrogen-bond acceptors (Lipinski definition) is 2. The Labute approximate surface area is 124 Å². The molecule has 0 amide bonds. The van der Waals surface area contributed by atoms with E-state index in [9.17, 15) is 8.42 Å². The number of nitrogens with one attached hydrogen (secondary N) is 1. The Morgan fingerprint density at radius 1 is 1.10 bits per heavy atom. The smallest absolute Gasteiger partial charge is 0.208 e. The Kier molecular flexibility index (Phi) is 4.81. The van der Waals surface area contributed by atoms with Crippen LogP contribution in [-0.4, -0.2) is 14.5 Å². The molecule has 2 rings (SSSR count). The van der Waals surface area contributed by atoms with Crippen LogP contribution in [0.2, 0.25) is 5.02 Å². The number of rotatable bonds is 5. The van der Waals surface area contributed by atoms with Gasteiger partial charge in [0.25, 0.3) is 0 Å². The topological polar surface area (TPSA) is 46.2 Å². The average molecular weight is 310 g/mol. The number of benzene rings is 2. The summed E-state index contributed by atoms with van der Waals surface area (Å²) < 4.78 is 27.0. The van der Waals surface area contributed by atoms with Crippen molar-refractivity contribution in [2.45, 2.75) is 24.3 Å². The molecule has 0 aromatic heterocycles. The normalized spacial score (nSPS) is 13.1. The molecule has 1 unspecified atom stereocenters. The number of halogens is 1. The van der Waals surface area contributed by atoms with E-state index >= 15 is 0 Å². The molecule has 3 nitrogen and oxygen atoms in total. The Morgan fingerprint density at radius 3 is 2.45 bits per heavy atom. The van der Waals surface area contributed by atoms with Gasteiger partial charge in [-0.3, -0.25) is 0 Å². The van der Waals surface area contributed by atoms with E-state index in [4.69, 9.17) is 11.6 Å². The van der Waals surface area contributed by atoms with Crippen molar-refractivity contribution in [3.63, 3.8) is 0 Å². The van der Waals surface area contributed by atoms with Crippen molar-refractivity contribution >= 4 is 21.6 Å². The van der Waals surface area contributed by atoms with Gasteiger partial charge in [-0.2, -0.15) is 0 Å². The van der Waals surface area contributed by atoms with E-state index in [1.165, 1.54) is 0 Å². The van der Waals surface area contributed by atoms with E-state index in [0.717, 1.165) is 5.56 Å². The van der Waals surface area contributed by atoms with Gasteiger partial charge in [0.05, 0.1) is 4.90 Å². The first kappa shape index (κ1) is 15.0. The van der Waals surface area contributed by atoms with Crippen LogP contribution >= 0.6 is 11.6 Å². The van der Waals surface area contributed by atoms with E-state index in [1.807, 2.05) is 25.1 Å². The first-order valence-electron chi connectivity index (χ1n) is 6.29. The van der Waals surface area contributed by atoms with Crippen molar-refractivity contribution < 1.29 is 8.42 Å². The monoisotopic (exact) mass is 309 g/mol. The van der Waals surface area contributed by atoms with Gasteiger partial charge in [-0.25, -0.2) is 13.1 Å². The van der Waals surface area contributed by atoms with E-state index in [0.29, 0.717) is 11.4 Å². The minimum absolute atomic E-state index is 0.210. The van der Waals surface area contributed by atoms with Crippen LogP contribution < -0.4 is 4.72 Å². The summed E-state index contributed by atoms with van der Waals surface area (Å²) in [6, 6.07) is 15.6. The Morgan fingerprint density at radius 2 is 1.80 bits per heavy atom. The molecular formula is C15H16ClNO2S. The summed E-state index contributed by atoms with van der Waals surface area (Å²) in [4.78, 5) is 0.276.